The van der Waals surface area contributed by atoms with Crippen molar-refractivity contribution in [1.29, 1.82) is 0 Å². The van der Waals surface area contributed by atoms with Crippen molar-refractivity contribution in [2.45, 2.75) is 64.5 Å². The Morgan fingerprint density at radius 2 is 1.44 bits per heavy atom. The number of piperidine rings is 1. The van der Waals surface area contributed by atoms with E-state index >= 15 is 0 Å². The molecule has 4 saturated carbocycles. The van der Waals surface area contributed by atoms with E-state index in [1.165, 1.54) is 75.6 Å². The van der Waals surface area contributed by atoms with Crippen LogP contribution in [0.15, 0.2) is 24.3 Å². The summed E-state index contributed by atoms with van der Waals surface area (Å²) < 4.78 is 0. The maximum Gasteiger partial charge on any atom is 0.223 e. The molecular weight excluding hydrogens is 332 g/mol. The van der Waals surface area contributed by atoms with Crippen LogP contribution in [-0.2, 0) is 17.9 Å². The lowest BCUT2D eigenvalue weighted by Gasteiger charge is -2.53. The zero-order valence-electron chi connectivity index (χ0n) is 16.5. The molecule has 27 heavy (non-hydrogen) atoms. The van der Waals surface area contributed by atoms with Crippen LogP contribution in [0.4, 0.5) is 0 Å². The van der Waals surface area contributed by atoms with E-state index in [1.807, 2.05) is 0 Å². The number of nitrogens with zero attached hydrogens (tertiary/aromatic N) is 1. The number of hydrogen-bond donors (Lipinski definition) is 1. The molecule has 5 fully saturated rings. The third-order valence-electron chi connectivity index (χ3n) is 7.87. The normalized spacial score (nSPS) is 35.3. The molecule has 1 aliphatic heterocycles. The largest absolute Gasteiger partial charge is 0.352 e. The smallest absolute Gasteiger partial charge is 0.223 e. The second-order valence-corrected chi connectivity index (χ2v) is 9.83. The summed E-state index contributed by atoms with van der Waals surface area (Å²) in [6.07, 6.45) is 10.8. The van der Waals surface area contributed by atoms with Gasteiger partial charge >= 0.3 is 0 Å². The lowest BCUT2D eigenvalue weighted by molar-refractivity contribution is -0.138. The summed E-state index contributed by atoms with van der Waals surface area (Å²) in [5.74, 6) is 3.85. The van der Waals surface area contributed by atoms with Crippen molar-refractivity contribution in [3.63, 3.8) is 0 Å². The molecule has 5 aliphatic rings. The van der Waals surface area contributed by atoms with Crippen molar-refractivity contribution >= 4 is 5.91 Å². The Hall–Kier alpha value is -1.35. The molecule has 146 valence electrons. The fraction of sp³-hybridized carbons (Fsp3) is 0.708. The first-order valence-corrected chi connectivity index (χ1v) is 11.3. The minimum absolute atomic E-state index is 0.302. The van der Waals surface area contributed by atoms with E-state index in [-0.39, 0.29) is 0 Å². The Labute approximate surface area is 163 Å². The molecule has 0 atom stereocenters. The van der Waals surface area contributed by atoms with Gasteiger partial charge in [0.15, 0.2) is 0 Å². The molecule has 1 saturated heterocycles. The van der Waals surface area contributed by atoms with Crippen LogP contribution in [0.1, 0.15) is 62.5 Å². The fourth-order valence-electron chi connectivity index (χ4n) is 6.80. The topological polar surface area (TPSA) is 32.3 Å². The molecule has 1 amide bonds. The van der Waals surface area contributed by atoms with Crippen LogP contribution in [0.25, 0.3) is 0 Å². The average Bonchev–Trinajstić information content (AvgIpc) is 2.67. The van der Waals surface area contributed by atoms with E-state index < -0.39 is 0 Å². The molecular formula is C24H34N2O. The van der Waals surface area contributed by atoms with Gasteiger partial charge in [-0.2, -0.15) is 0 Å². The monoisotopic (exact) mass is 366 g/mol. The standard InChI is InChI=1S/C24H34N2O/c27-24(23-21-11-19-10-20(13-21)14-22(23)12-19)25-15-17-4-6-18(7-5-17)16-26-8-2-1-3-9-26/h4-7,19-23H,1-3,8-16H2,(H,25,27). The summed E-state index contributed by atoms with van der Waals surface area (Å²) in [4.78, 5) is 15.5. The third-order valence-corrected chi connectivity index (χ3v) is 7.87. The molecule has 6 rings (SSSR count). The highest BCUT2D eigenvalue weighted by atomic mass is 16.1. The molecule has 1 aromatic rings. The summed E-state index contributed by atoms with van der Waals surface area (Å²) >= 11 is 0. The molecule has 0 radical (unpaired) electrons. The molecule has 1 heterocycles. The third kappa shape index (κ3) is 3.81. The van der Waals surface area contributed by atoms with Crippen LogP contribution >= 0.6 is 0 Å². The molecule has 1 aromatic carbocycles. The highest BCUT2D eigenvalue weighted by Gasteiger charge is 2.50. The SMILES string of the molecule is O=C(NCc1ccc(CN2CCCCC2)cc1)C1C2CC3CC(C2)CC1C3. The minimum atomic E-state index is 0.302. The number of carbonyl (C=O) groups excluding carboxylic acids is 1. The average molecular weight is 367 g/mol. The zero-order valence-corrected chi connectivity index (χ0v) is 16.5. The van der Waals surface area contributed by atoms with Gasteiger partial charge in [-0.1, -0.05) is 30.7 Å². The quantitative estimate of drug-likeness (QED) is 0.840. The molecule has 0 spiro atoms. The van der Waals surface area contributed by atoms with Gasteiger partial charge in [0.2, 0.25) is 5.91 Å². The first kappa shape index (κ1) is 17.7. The van der Waals surface area contributed by atoms with Gasteiger partial charge in [-0.3, -0.25) is 9.69 Å². The lowest BCUT2D eigenvalue weighted by atomic mass is 9.51. The maximum absolute atomic E-state index is 12.9. The van der Waals surface area contributed by atoms with E-state index in [0.29, 0.717) is 30.2 Å². The van der Waals surface area contributed by atoms with Gasteiger partial charge in [-0.05, 0) is 92.8 Å². The maximum atomic E-state index is 12.9. The molecule has 3 heteroatoms. The lowest BCUT2D eigenvalue weighted by Crippen LogP contribution is -2.50. The van der Waals surface area contributed by atoms with Crippen molar-refractivity contribution in [3.05, 3.63) is 35.4 Å². The first-order valence-electron chi connectivity index (χ1n) is 11.3. The highest BCUT2D eigenvalue weighted by Crippen LogP contribution is 2.56. The second kappa shape index (κ2) is 7.58. The van der Waals surface area contributed by atoms with Gasteiger partial charge in [0, 0.05) is 19.0 Å². The molecule has 1 N–H and O–H groups in total. The number of likely N-dealkylation sites (tertiary alicyclic amines) is 1. The predicted octanol–water partition coefficient (Wildman–Crippen LogP) is 4.36. The van der Waals surface area contributed by atoms with Gasteiger partial charge in [0.05, 0.1) is 0 Å². The Morgan fingerprint density at radius 1 is 0.852 bits per heavy atom. The van der Waals surface area contributed by atoms with E-state index in [2.05, 4.69) is 34.5 Å². The van der Waals surface area contributed by atoms with Gasteiger partial charge in [0.1, 0.15) is 0 Å². The second-order valence-electron chi connectivity index (χ2n) is 9.83. The van der Waals surface area contributed by atoms with E-state index in [1.54, 1.807) is 0 Å². The van der Waals surface area contributed by atoms with Crippen LogP contribution in [0, 0.1) is 29.6 Å². The molecule has 0 aromatic heterocycles. The first-order chi connectivity index (χ1) is 13.2. The Bertz CT molecular complexity index is 633. The highest BCUT2D eigenvalue weighted by molar-refractivity contribution is 5.79. The number of rotatable bonds is 5. The van der Waals surface area contributed by atoms with Gasteiger partial charge in [-0.15, -0.1) is 0 Å². The Morgan fingerprint density at radius 3 is 2.07 bits per heavy atom. The van der Waals surface area contributed by atoms with Crippen molar-refractivity contribution in [3.8, 4) is 0 Å². The van der Waals surface area contributed by atoms with E-state index in [4.69, 9.17) is 0 Å². The van der Waals surface area contributed by atoms with Gasteiger partial charge in [-0.25, -0.2) is 0 Å². The Balaban J connectivity index is 1.14. The zero-order chi connectivity index (χ0) is 18.2. The van der Waals surface area contributed by atoms with Crippen LogP contribution in [0.5, 0.6) is 0 Å². The summed E-state index contributed by atoms with van der Waals surface area (Å²) in [5.41, 5.74) is 2.63. The van der Waals surface area contributed by atoms with Gasteiger partial charge in [0.25, 0.3) is 0 Å². The molecule has 0 unspecified atom stereocenters. The van der Waals surface area contributed by atoms with Crippen molar-refractivity contribution in [2.24, 2.45) is 29.6 Å². The van der Waals surface area contributed by atoms with E-state index in [9.17, 15) is 4.79 Å². The van der Waals surface area contributed by atoms with Gasteiger partial charge < -0.3 is 5.32 Å². The summed E-state index contributed by atoms with van der Waals surface area (Å²) in [5, 5.41) is 3.28. The summed E-state index contributed by atoms with van der Waals surface area (Å²) in [6.45, 7) is 4.23. The summed E-state index contributed by atoms with van der Waals surface area (Å²) in [6, 6.07) is 8.91. The summed E-state index contributed by atoms with van der Waals surface area (Å²) in [7, 11) is 0. The fourth-order valence-corrected chi connectivity index (χ4v) is 6.80. The number of nitrogens with one attached hydrogen (secondary N) is 1. The number of amides is 1. The van der Waals surface area contributed by atoms with Crippen molar-refractivity contribution in [2.75, 3.05) is 13.1 Å². The Kier molecular flexibility index (Phi) is 4.98. The molecule has 4 bridgehead atoms. The molecule has 4 aliphatic carbocycles. The number of benzene rings is 1. The van der Waals surface area contributed by atoms with Crippen molar-refractivity contribution in [1.82, 2.24) is 10.2 Å². The van der Waals surface area contributed by atoms with Crippen LogP contribution < -0.4 is 5.32 Å². The molecule has 3 nitrogen and oxygen atoms in total. The van der Waals surface area contributed by atoms with Crippen LogP contribution in [-0.4, -0.2) is 23.9 Å². The van der Waals surface area contributed by atoms with E-state index in [0.717, 1.165) is 18.4 Å². The predicted molar refractivity (Wildman–Crippen MR) is 108 cm³/mol. The minimum Gasteiger partial charge on any atom is -0.352 e. The van der Waals surface area contributed by atoms with Crippen molar-refractivity contribution < 1.29 is 4.79 Å². The number of hydrogen-bond acceptors (Lipinski definition) is 2. The van der Waals surface area contributed by atoms with Crippen LogP contribution in [0.3, 0.4) is 0 Å². The number of carbonyl (C=O) groups is 1. The van der Waals surface area contributed by atoms with Crippen LogP contribution in [0.2, 0.25) is 0 Å².